The zero-order chi connectivity index (χ0) is 14.6. The number of hydrogen-bond donors (Lipinski definition) is 2. The molecule has 1 aliphatic rings. The van der Waals surface area contributed by atoms with Crippen LogP contribution in [0.2, 0.25) is 0 Å². The van der Waals surface area contributed by atoms with E-state index in [9.17, 15) is 18.0 Å². The maximum Gasteiger partial charge on any atom is 0.327 e. The van der Waals surface area contributed by atoms with E-state index in [1.807, 2.05) is 0 Å². The van der Waals surface area contributed by atoms with Crippen LogP contribution in [0.1, 0.15) is 13.8 Å². The molecule has 1 heterocycles. The number of sulfone groups is 1. The third-order valence-corrected chi connectivity index (χ3v) is 5.80. The number of aliphatic carboxylic acids is 1. The zero-order valence-electron chi connectivity index (χ0n) is 10.8. The van der Waals surface area contributed by atoms with E-state index in [1.165, 1.54) is 23.6 Å². The van der Waals surface area contributed by atoms with Gasteiger partial charge >= 0.3 is 12.0 Å². The molecule has 1 rings (SSSR count). The van der Waals surface area contributed by atoms with Crippen molar-refractivity contribution >= 4 is 33.6 Å². The van der Waals surface area contributed by atoms with Gasteiger partial charge in [0.1, 0.15) is 6.04 Å². The first-order valence-corrected chi connectivity index (χ1v) is 8.76. The molecular formula is C10H18N2O5S2. The molecular weight excluding hydrogens is 292 g/mol. The van der Waals surface area contributed by atoms with Crippen molar-refractivity contribution in [2.45, 2.75) is 25.3 Å². The number of hydrogen-bond acceptors (Lipinski definition) is 5. The largest absolute Gasteiger partial charge is 0.480 e. The first-order valence-electron chi connectivity index (χ1n) is 5.89. The van der Waals surface area contributed by atoms with Gasteiger partial charge in [-0.25, -0.2) is 18.0 Å². The minimum atomic E-state index is -3.14. The van der Waals surface area contributed by atoms with Crippen LogP contribution >= 0.6 is 11.8 Å². The van der Waals surface area contributed by atoms with E-state index in [4.69, 9.17) is 5.11 Å². The Bertz CT molecular complexity index is 451. The van der Waals surface area contributed by atoms with Crippen molar-refractivity contribution < 1.29 is 23.1 Å². The lowest BCUT2D eigenvalue weighted by Crippen LogP contribution is -2.50. The van der Waals surface area contributed by atoms with Gasteiger partial charge in [0.15, 0.2) is 9.84 Å². The average Bonchev–Trinajstić information content (AvgIpc) is 2.71. The lowest BCUT2D eigenvalue weighted by Gasteiger charge is -2.25. The fraction of sp³-hybridized carbons (Fsp3) is 0.800. The summed E-state index contributed by atoms with van der Waals surface area (Å²) in [6, 6.07) is -1.39. The molecule has 7 nitrogen and oxygen atoms in total. The first kappa shape index (κ1) is 16.1. The highest BCUT2D eigenvalue weighted by molar-refractivity contribution is 8.00. The summed E-state index contributed by atoms with van der Waals surface area (Å²) in [6.07, 6.45) is 0. The van der Waals surface area contributed by atoms with Crippen LogP contribution in [0.5, 0.6) is 0 Å². The van der Waals surface area contributed by atoms with E-state index in [-0.39, 0.29) is 23.4 Å². The quantitative estimate of drug-likeness (QED) is 0.739. The minimum Gasteiger partial charge on any atom is -0.480 e. The van der Waals surface area contributed by atoms with Gasteiger partial charge in [0, 0.05) is 18.1 Å². The van der Waals surface area contributed by atoms with Crippen molar-refractivity contribution in [3.8, 4) is 0 Å². The number of carbonyl (C=O) groups excluding carboxylic acids is 1. The van der Waals surface area contributed by atoms with Crippen molar-refractivity contribution in [1.29, 1.82) is 0 Å². The summed E-state index contributed by atoms with van der Waals surface area (Å²) in [5.74, 6) is -0.816. The fourth-order valence-corrected chi connectivity index (χ4v) is 3.56. The van der Waals surface area contributed by atoms with Crippen LogP contribution in [-0.4, -0.2) is 65.6 Å². The number of thioether (sulfide) groups is 1. The summed E-state index contributed by atoms with van der Waals surface area (Å²) in [4.78, 5) is 24.1. The molecule has 0 spiro atoms. The normalized spacial score (nSPS) is 23.4. The van der Waals surface area contributed by atoms with Crippen LogP contribution in [0.15, 0.2) is 0 Å². The van der Waals surface area contributed by atoms with E-state index in [0.29, 0.717) is 5.75 Å². The molecule has 19 heavy (non-hydrogen) atoms. The zero-order valence-corrected chi connectivity index (χ0v) is 12.5. The summed E-state index contributed by atoms with van der Waals surface area (Å²) < 4.78 is 22.6. The van der Waals surface area contributed by atoms with Crippen LogP contribution in [0.3, 0.4) is 0 Å². The molecule has 110 valence electrons. The SMILES string of the molecule is CCS(=O)(=O)CCNC(=O)N1C(C)SCC1C(=O)O. The number of amides is 2. The standard InChI is InChI=1S/C10H18N2O5S2/c1-3-19(16,17)5-4-11-10(15)12-7(2)18-6-8(12)9(13)14/h7-8H,3-6H2,1-2H3,(H,11,15)(H,13,14). The Kier molecular flexibility index (Phi) is 5.48. The Balaban J connectivity index is 2.55. The third-order valence-electron chi connectivity index (χ3n) is 2.87. The number of carboxylic acids is 1. The second kappa shape index (κ2) is 6.47. The molecule has 2 amide bonds. The van der Waals surface area contributed by atoms with Gasteiger partial charge in [-0.05, 0) is 6.92 Å². The van der Waals surface area contributed by atoms with E-state index < -0.39 is 27.9 Å². The summed E-state index contributed by atoms with van der Waals surface area (Å²) in [5, 5.41) is 11.2. The molecule has 0 bridgehead atoms. The summed E-state index contributed by atoms with van der Waals surface area (Å²) in [7, 11) is -3.14. The molecule has 0 aromatic carbocycles. The number of carboxylic acid groups (broad SMARTS) is 1. The van der Waals surface area contributed by atoms with Crippen LogP contribution in [0.4, 0.5) is 4.79 Å². The maximum absolute atomic E-state index is 11.9. The highest BCUT2D eigenvalue weighted by atomic mass is 32.2. The molecule has 0 aromatic heterocycles. The Hall–Kier alpha value is -0.960. The number of nitrogens with one attached hydrogen (secondary N) is 1. The highest BCUT2D eigenvalue weighted by Gasteiger charge is 2.39. The van der Waals surface area contributed by atoms with Crippen molar-refractivity contribution in [3.63, 3.8) is 0 Å². The Morgan fingerprint density at radius 2 is 2.11 bits per heavy atom. The lowest BCUT2D eigenvalue weighted by atomic mass is 10.3. The molecule has 2 unspecified atom stereocenters. The van der Waals surface area contributed by atoms with Gasteiger partial charge in [0.25, 0.3) is 0 Å². The molecule has 1 aliphatic heterocycles. The van der Waals surface area contributed by atoms with Gasteiger partial charge in [-0.15, -0.1) is 11.8 Å². The van der Waals surface area contributed by atoms with Gasteiger partial charge in [-0.2, -0.15) is 0 Å². The maximum atomic E-state index is 11.9. The topological polar surface area (TPSA) is 104 Å². The number of carbonyl (C=O) groups is 2. The predicted molar refractivity (Wildman–Crippen MR) is 72.9 cm³/mol. The Labute approximate surface area is 116 Å². The van der Waals surface area contributed by atoms with Gasteiger partial charge in [-0.1, -0.05) is 6.92 Å². The van der Waals surface area contributed by atoms with E-state index in [1.54, 1.807) is 6.92 Å². The van der Waals surface area contributed by atoms with Crippen LogP contribution < -0.4 is 5.32 Å². The number of rotatable bonds is 5. The molecule has 0 radical (unpaired) electrons. The van der Waals surface area contributed by atoms with Crippen LogP contribution in [0.25, 0.3) is 0 Å². The number of urea groups is 1. The fourth-order valence-electron chi connectivity index (χ4n) is 1.69. The van der Waals surface area contributed by atoms with Crippen LogP contribution in [-0.2, 0) is 14.6 Å². The molecule has 2 N–H and O–H groups in total. The second-order valence-corrected chi connectivity index (χ2v) is 7.98. The minimum absolute atomic E-state index is 0.00473. The molecule has 9 heteroatoms. The van der Waals surface area contributed by atoms with Gasteiger partial charge < -0.3 is 10.4 Å². The third kappa shape index (κ3) is 4.27. The summed E-state index contributed by atoms with van der Waals surface area (Å²) >= 11 is 1.38. The molecule has 1 fully saturated rings. The smallest absolute Gasteiger partial charge is 0.327 e. The van der Waals surface area contributed by atoms with E-state index in [0.717, 1.165) is 0 Å². The Morgan fingerprint density at radius 3 is 2.63 bits per heavy atom. The van der Waals surface area contributed by atoms with E-state index in [2.05, 4.69) is 5.32 Å². The summed E-state index contributed by atoms with van der Waals surface area (Å²) in [6.45, 7) is 3.28. The first-order chi connectivity index (χ1) is 8.78. The van der Waals surface area contributed by atoms with Gasteiger partial charge in [-0.3, -0.25) is 4.90 Å². The van der Waals surface area contributed by atoms with E-state index >= 15 is 0 Å². The predicted octanol–water partition coefficient (Wildman–Crippen LogP) is -0.0213. The Morgan fingerprint density at radius 1 is 1.47 bits per heavy atom. The van der Waals surface area contributed by atoms with Gasteiger partial charge in [0.2, 0.25) is 0 Å². The monoisotopic (exact) mass is 310 g/mol. The molecule has 0 aliphatic carbocycles. The van der Waals surface area contributed by atoms with Crippen LogP contribution in [0, 0.1) is 0 Å². The molecule has 0 aromatic rings. The van der Waals surface area contributed by atoms with Crippen molar-refractivity contribution in [3.05, 3.63) is 0 Å². The van der Waals surface area contributed by atoms with Crippen molar-refractivity contribution in [2.75, 3.05) is 23.8 Å². The highest BCUT2D eigenvalue weighted by Crippen LogP contribution is 2.28. The second-order valence-electron chi connectivity index (χ2n) is 4.16. The number of nitrogens with zero attached hydrogens (tertiary/aromatic N) is 1. The molecule has 2 atom stereocenters. The van der Waals surface area contributed by atoms with Gasteiger partial charge in [0.05, 0.1) is 11.1 Å². The van der Waals surface area contributed by atoms with Crippen molar-refractivity contribution in [1.82, 2.24) is 10.2 Å². The lowest BCUT2D eigenvalue weighted by molar-refractivity contribution is -0.141. The average molecular weight is 310 g/mol. The van der Waals surface area contributed by atoms with Crippen molar-refractivity contribution in [2.24, 2.45) is 0 Å². The molecule has 0 saturated carbocycles. The molecule has 1 saturated heterocycles. The summed E-state index contributed by atoms with van der Waals surface area (Å²) in [5.41, 5.74) is 0.